The second-order valence-electron chi connectivity index (χ2n) is 9.35. The molecule has 0 atom stereocenters. The number of carbonyl (C=O) groups is 1. The van der Waals surface area contributed by atoms with Crippen LogP contribution in [-0.4, -0.2) is 56.6 Å². The van der Waals surface area contributed by atoms with Crippen LogP contribution >= 0.6 is 0 Å². The Bertz CT molecular complexity index is 1290. The van der Waals surface area contributed by atoms with Crippen molar-refractivity contribution in [2.24, 2.45) is 5.92 Å². The maximum absolute atomic E-state index is 13.1. The van der Waals surface area contributed by atoms with E-state index in [0.717, 1.165) is 27.7 Å². The molecule has 0 spiro atoms. The number of aryl methyl sites for hydroxylation is 1. The van der Waals surface area contributed by atoms with Gasteiger partial charge >= 0.3 is 0 Å². The molecule has 1 amide bonds. The topological polar surface area (TPSA) is 91.5 Å². The van der Waals surface area contributed by atoms with Gasteiger partial charge in [-0.1, -0.05) is 30.3 Å². The standard InChI is InChI=1S/C26H31N3O4S/c1-18-4-2-3-5-23(18)25-16-20-8-11-22(17-24(20)27-25)34(31,32)28-21-9-6-19(7-10-21)26(30)29-12-14-33-15-13-29/h2-5,8,11,16-17,19,21,27-28H,6-7,9-10,12-15H2,1H3/t19-,21-. The molecule has 2 fully saturated rings. The molecule has 0 bridgehead atoms. The fourth-order valence-corrected chi connectivity index (χ4v) is 6.41. The Morgan fingerprint density at radius 1 is 1.03 bits per heavy atom. The van der Waals surface area contributed by atoms with Crippen molar-refractivity contribution < 1.29 is 17.9 Å². The lowest BCUT2D eigenvalue weighted by Crippen LogP contribution is -2.46. The minimum atomic E-state index is -3.65. The summed E-state index contributed by atoms with van der Waals surface area (Å²) in [6.45, 7) is 4.55. The predicted octanol–water partition coefficient (Wildman–Crippen LogP) is 3.84. The van der Waals surface area contributed by atoms with Crippen molar-refractivity contribution in [1.29, 1.82) is 0 Å². The SMILES string of the molecule is Cc1ccccc1-c1cc2ccc(S(=O)(=O)N[C@H]3CC[C@H](C(=O)N4CCOCC4)CC3)cc2[nH]1. The highest BCUT2D eigenvalue weighted by Gasteiger charge is 2.32. The van der Waals surface area contributed by atoms with E-state index in [0.29, 0.717) is 52.0 Å². The summed E-state index contributed by atoms with van der Waals surface area (Å²) < 4.78 is 34.5. The Morgan fingerprint density at radius 3 is 2.50 bits per heavy atom. The normalized spacial score (nSPS) is 21.6. The minimum absolute atomic E-state index is 0.0195. The number of hydrogen-bond acceptors (Lipinski definition) is 4. The molecule has 0 radical (unpaired) electrons. The molecule has 1 aliphatic heterocycles. The molecular formula is C26H31N3O4S. The molecule has 2 aliphatic rings. The van der Waals surface area contributed by atoms with Crippen molar-refractivity contribution in [1.82, 2.24) is 14.6 Å². The number of H-pyrrole nitrogens is 1. The van der Waals surface area contributed by atoms with E-state index in [2.05, 4.69) is 28.8 Å². The van der Waals surface area contributed by atoms with Gasteiger partial charge in [-0.25, -0.2) is 13.1 Å². The van der Waals surface area contributed by atoms with Crippen molar-refractivity contribution in [2.45, 2.75) is 43.5 Å². The number of aromatic amines is 1. The molecule has 2 heterocycles. The number of nitrogens with zero attached hydrogens (tertiary/aromatic N) is 1. The Labute approximate surface area is 200 Å². The molecule has 1 saturated carbocycles. The second-order valence-corrected chi connectivity index (χ2v) is 11.1. The first-order valence-corrected chi connectivity index (χ1v) is 13.5. The number of hydrogen-bond donors (Lipinski definition) is 2. The monoisotopic (exact) mass is 481 g/mol. The number of nitrogens with one attached hydrogen (secondary N) is 2. The Kier molecular flexibility index (Phi) is 6.46. The zero-order chi connectivity index (χ0) is 23.7. The molecule has 1 aromatic heterocycles. The predicted molar refractivity (Wildman–Crippen MR) is 132 cm³/mol. The molecule has 34 heavy (non-hydrogen) atoms. The molecule has 7 nitrogen and oxygen atoms in total. The minimum Gasteiger partial charge on any atom is -0.378 e. The number of ether oxygens (including phenoxy) is 1. The first-order valence-electron chi connectivity index (χ1n) is 12.0. The van der Waals surface area contributed by atoms with Crippen LogP contribution in [0.1, 0.15) is 31.2 Å². The lowest BCUT2D eigenvalue weighted by molar-refractivity contribution is -0.140. The highest BCUT2D eigenvalue weighted by atomic mass is 32.2. The van der Waals surface area contributed by atoms with Gasteiger partial charge in [-0.2, -0.15) is 0 Å². The lowest BCUT2D eigenvalue weighted by Gasteiger charge is -2.34. The van der Waals surface area contributed by atoms with Crippen LogP contribution in [0.3, 0.4) is 0 Å². The molecule has 180 valence electrons. The number of morpholine rings is 1. The smallest absolute Gasteiger partial charge is 0.240 e. The quantitative estimate of drug-likeness (QED) is 0.579. The number of sulfonamides is 1. The van der Waals surface area contributed by atoms with Gasteiger partial charge < -0.3 is 14.6 Å². The molecule has 2 aromatic carbocycles. The van der Waals surface area contributed by atoms with Crippen molar-refractivity contribution in [3.05, 3.63) is 54.1 Å². The molecule has 0 unspecified atom stereocenters. The summed E-state index contributed by atoms with van der Waals surface area (Å²) in [6.07, 6.45) is 2.75. The molecule has 5 rings (SSSR count). The molecule has 2 N–H and O–H groups in total. The van der Waals surface area contributed by atoms with Gasteiger partial charge in [0.2, 0.25) is 15.9 Å². The van der Waals surface area contributed by atoms with Crippen molar-refractivity contribution in [3.63, 3.8) is 0 Å². The van der Waals surface area contributed by atoms with E-state index in [-0.39, 0.29) is 22.8 Å². The first kappa shape index (κ1) is 23.1. The van der Waals surface area contributed by atoms with Gasteiger partial charge in [0, 0.05) is 47.2 Å². The second kappa shape index (κ2) is 9.52. The van der Waals surface area contributed by atoms with Crippen LogP contribution in [-0.2, 0) is 19.6 Å². The van der Waals surface area contributed by atoms with E-state index in [1.54, 1.807) is 12.1 Å². The number of carbonyl (C=O) groups excluding carboxylic acids is 1. The van der Waals surface area contributed by atoms with Crippen LogP contribution in [0.5, 0.6) is 0 Å². The van der Waals surface area contributed by atoms with E-state index >= 15 is 0 Å². The Morgan fingerprint density at radius 2 is 1.76 bits per heavy atom. The van der Waals surface area contributed by atoms with Crippen LogP contribution in [0.15, 0.2) is 53.4 Å². The van der Waals surface area contributed by atoms with E-state index in [1.807, 2.05) is 29.2 Å². The zero-order valence-electron chi connectivity index (χ0n) is 19.4. The summed E-state index contributed by atoms with van der Waals surface area (Å²) >= 11 is 0. The number of rotatable bonds is 5. The highest BCUT2D eigenvalue weighted by Crippen LogP contribution is 2.30. The summed E-state index contributed by atoms with van der Waals surface area (Å²) in [7, 11) is -3.65. The van der Waals surface area contributed by atoms with Gasteiger partial charge in [0.15, 0.2) is 0 Å². The summed E-state index contributed by atoms with van der Waals surface area (Å²) in [4.78, 5) is 18.3. The summed E-state index contributed by atoms with van der Waals surface area (Å²) in [5.41, 5.74) is 4.02. The average molecular weight is 482 g/mol. The third-order valence-corrected chi connectivity index (χ3v) is 8.58. The first-order chi connectivity index (χ1) is 16.4. The molecule has 3 aromatic rings. The van der Waals surface area contributed by atoms with Gasteiger partial charge in [-0.3, -0.25) is 4.79 Å². The fraction of sp³-hybridized carbons (Fsp3) is 0.423. The van der Waals surface area contributed by atoms with Crippen molar-refractivity contribution >= 4 is 26.8 Å². The lowest BCUT2D eigenvalue weighted by atomic mass is 9.85. The molecule has 1 aliphatic carbocycles. The van der Waals surface area contributed by atoms with E-state index < -0.39 is 10.0 Å². The number of benzene rings is 2. The van der Waals surface area contributed by atoms with Crippen molar-refractivity contribution in [2.75, 3.05) is 26.3 Å². The van der Waals surface area contributed by atoms with Crippen LogP contribution in [0, 0.1) is 12.8 Å². The summed E-state index contributed by atoms with van der Waals surface area (Å²) in [6, 6.07) is 15.2. The molecule has 1 saturated heterocycles. The third kappa shape index (κ3) is 4.76. The fourth-order valence-electron chi connectivity index (χ4n) is 5.08. The highest BCUT2D eigenvalue weighted by molar-refractivity contribution is 7.89. The van der Waals surface area contributed by atoms with E-state index in [9.17, 15) is 13.2 Å². The van der Waals surface area contributed by atoms with Gasteiger partial charge in [-0.15, -0.1) is 0 Å². The van der Waals surface area contributed by atoms with Gasteiger partial charge in [0.25, 0.3) is 0 Å². The third-order valence-electron chi connectivity index (χ3n) is 7.06. The average Bonchev–Trinajstić information content (AvgIpc) is 3.28. The van der Waals surface area contributed by atoms with E-state index in [1.165, 1.54) is 0 Å². The molecule has 8 heteroatoms. The van der Waals surface area contributed by atoms with Gasteiger partial charge in [0.1, 0.15) is 0 Å². The van der Waals surface area contributed by atoms with E-state index in [4.69, 9.17) is 4.74 Å². The number of aromatic nitrogens is 1. The summed E-state index contributed by atoms with van der Waals surface area (Å²) in [5.74, 6) is 0.167. The van der Waals surface area contributed by atoms with Crippen molar-refractivity contribution in [3.8, 4) is 11.3 Å². The molecular weight excluding hydrogens is 450 g/mol. The number of fused-ring (bicyclic) bond motifs is 1. The van der Waals surface area contributed by atoms with Crippen LogP contribution < -0.4 is 4.72 Å². The largest absolute Gasteiger partial charge is 0.378 e. The van der Waals surface area contributed by atoms with Crippen LogP contribution in [0.25, 0.3) is 22.2 Å². The van der Waals surface area contributed by atoms with Gasteiger partial charge in [-0.05, 0) is 56.4 Å². The Balaban J connectivity index is 1.25. The van der Waals surface area contributed by atoms with Crippen LogP contribution in [0.4, 0.5) is 0 Å². The zero-order valence-corrected chi connectivity index (χ0v) is 20.2. The maximum atomic E-state index is 13.1. The number of amides is 1. The summed E-state index contributed by atoms with van der Waals surface area (Å²) in [5, 5.41) is 0.972. The maximum Gasteiger partial charge on any atom is 0.240 e. The van der Waals surface area contributed by atoms with Crippen LogP contribution in [0.2, 0.25) is 0 Å². The van der Waals surface area contributed by atoms with Gasteiger partial charge in [0.05, 0.1) is 18.1 Å². The Hall–Kier alpha value is -2.68.